The largest absolute Gasteiger partial charge is 0.386 e. The quantitative estimate of drug-likeness (QED) is 0.887. The molecule has 1 atom stereocenters. The molecule has 26 heavy (non-hydrogen) atoms. The van der Waals surface area contributed by atoms with E-state index in [0.717, 1.165) is 42.7 Å². The zero-order chi connectivity index (χ0) is 18.7. The highest BCUT2D eigenvalue weighted by molar-refractivity contribution is 5.95. The topological polar surface area (TPSA) is 65.5 Å². The lowest BCUT2D eigenvalue weighted by Gasteiger charge is -2.33. The second-order valence-corrected chi connectivity index (χ2v) is 7.41. The lowest BCUT2D eigenvalue weighted by Crippen LogP contribution is -2.52. The van der Waals surface area contributed by atoms with E-state index >= 15 is 0 Å². The standard InChI is InChI=1S/C21H27N3O2/c1-4-19-14-24(9-8-23-19)20(25)16-7-5-6-15(10-16)17-11-18(13-22-12-17)21(2,3)26/h5-7,10-13,19,23,26H,4,8-9,14H2,1-3H3/t19-/m1/s1. The third-order valence-electron chi connectivity index (χ3n) is 4.92. The van der Waals surface area contributed by atoms with E-state index in [9.17, 15) is 9.90 Å². The zero-order valence-corrected chi connectivity index (χ0v) is 15.7. The van der Waals surface area contributed by atoms with Gasteiger partial charge in [-0.05, 0) is 44.0 Å². The van der Waals surface area contributed by atoms with Crippen molar-refractivity contribution >= 4 is 5.91 Å². The molecule has 2 aromatic rings. The summed E-state index contributed by atoms with van der Waals surface area (Å²) in [5, 5.41) is 13.7. The van der Waals surface area contributed by atoms with Crippen LogP contribution < -0.4 is 5.32 Å². The van der Waals surface area contributed by atoms with Crippen molar-refractivity contribution in [1.82, 2.24) is 15.2 Å². The van der Waals surface area contributed by atoms with Gasteiger partial charge in [-0.15, -0.1) is 0 Å². The van der Waals surface area contributed by atoms with Crippen LogP contribution in [0.15, 0.2) is 42.7 Å². The second kappa shape index (κ2) is 7.56. The normalized spacial score (nSPS) is 18.0. The first-order valence-electron chi connectivity index (χ1n) is 9.19. The molecule has 138 valence electrons. The number of benzene rings is 1. The predicted molar refractivity (Wildman–Crippen MR) is 103 cm³/mol. The molecule has 0 bridgehead atoms. The Morgan fingerprint density at radius 3 is 2.85 bits per heavy atom. The number of rotatable bonds is 4. The second-order valence-electron chi connectivity index (χ2n) is 7.41. The van der Waals surface area contributed by atoms with Crippen LogP contribution in [-0.2, 0) is 5.60 Å². The summed E-state index contributed by atoms with van der Waals surface area (Å²) < 4.78 is 0. The Kier molecular flexibility index (Phi) is 5.39. The lowest BCUT2D eigenvalue weighted by molar-refractivity contribution is 0.0701. The van der Waals surface area contributed by atoms with Crippen molar-refractivity contribution in [2.45, 2.75) is 38.8 Å². The summed E-state index contributed by atoms with van der Waals surface area (Å²) in [4.78, 5) is 19.1. The molecule has 2 N–H and O–H groups in total. The first-order valence-corrected chi connectivity index (χ1v) is 9.19. The van der Waals surface area contributed by atoms with Gasteiger partial charge in [0.25, 0.3) is 5.91 Å². The van der Waals surface area contributed by atoms with Crippen LogP contribution in [0.25, 0.3) is 11.1 Å². The van der Waals surface area contributed by atoms with Crippen molar-refractivity contribution < 1.29 is 9.90 Å². The summed E-state index contributed by atoms with van der Waals surface area (Å²) >= 11 is 0. The van der Waals surface area contributed by atoms with Gasteiger partial charge in [0.05, 0.1) is 5.60 Å². The predicted octanol–water partition coefficient (Wildman–Crippen LogP) is 2.80. The molecular weight excluding hydrogens is 326 g/mol. The van der Waals surface area contributed by atoms with E-state index in [2.05, 4.69) is 17.2 Å². The first-order chi connectivity index (χ1) is 12.4. The summed E-state index contributed by atoms with van der Waals surface area (Å²) in [6, 6.07) is 9.93. The van der Waals surface area contributed by atoms with Gasteiger partial charge in [-0.25, -0.2) is 0 Å². The molecule has 5 nitrogen and oxygen atoms in total. The van der Waals surface area contributed by atoms with Crippen molar-refractivity contribution in [2.24, 2.45) is 0 Å². The highest BCUT2D eigenvalue weighted by atomic mass is 16.3. The number of aromatic nitrogens is 1. The Bertz CT molecular complexity index is 783. The van der Waals surface area contributed by atoms with Gasteiger partial charge in [0, 0.05) is 54.8 Å². The summed E-state index contributed by atoms with van der Waals surface area (Å²) in [5.41, 5.74) is 2.31. The van der Waals surface area contributed by atoms with Gasteiger partial charge in [-0.1, -0.05) is 19.1 Å². The molecule has 2 heterocycles. The first kappa shape index (κ1) is 18.5. The van der Waals surface area contributed by atoms with E-state index in [4.69, 9.17) is 0 Å². The highest BCUT2D eigenvalue weighted by Crippen LogP contribution is 2.26. The average molecular weight is 353 g/mol. The molecule has 0 unspecified atom stereocenters. The summed E-state index contributed by atoms with van der Waals surface area (Å²) in [7, 11) is 0. The number of nitrogens with zero attached hydrogens (tertiary/aromatic N) is 2. The van der Waals surface area contributed by atoms with Gasteiger partial charge in [0.15, 0.2) is 0 Å². The maximum absolute atomic E-state index is 12.9. The fourth-order valence-electron chi connectivity index (χ4n) is 3.23. The lowest BCUT2D eigenvalue weighted by atomic mass is 9.96. The number of carbonyl (C=O) groups is 1. The van der Waals surface area contributed by atoms with Crippen molar-refractivity contribution in [3.63, 3.8) is 0 Å². The van der Waals surface area contributed by atoms with E-state index in [-0.39, 0.29) is 5.91 Å². The van der Waals surface area contributed by atoms with Crippen LogP contribution in [0.3, 0.4) is 0 Å². The van der Waals surface area contributed by atoms with Crippen molar-refractivity contribution in [3.8, 4) is 11.1 Å². The van der Waals surface area contributed by atoms with E-state index < -0.39 is 5.60 Å². The van der Waals surface area contributed by atoms with Gasteiger partial charge < -0.3 is 15.3 Å². The fourth-order valence-corrected chi connectivity index (χ4v) is 3.23. The minimum absolute atomic E-state index is 0.0680. The molecule has 0 saturated carbocycles. The maximum Gasteiger partial charge on any atom is 0.253 e. The molecule has 1 aromatic carbocycles. The van der Waals surface area contributed by atoms with Crippen LogP contribution in [0.4, 0.5) is 0 Å². The number of amides is 1. The molecule has 1 aliphatic rings. The van der Waals surface area contributed by atoms with E-state index in [1.165, 1.54) is 0 Å². The van der Waals surface area contributed by atoms with Crippen LogP contribution in [-0.4, -0.2) is 46.6 Å². The third-order valence-corrected chi connectivity index (χ3v) is 4.92. The Labute approximate surface area is 155 Å². The zero-order valence-electron chi connectivity index (χ0n) is 15.7. The molecule has 0 spiro atoms. The minimum Gasteiger partial charge on any atom is -0.386 e. The summed E-state index contributed by atoms with van der Waals surface area (Å²) in [5.74, 6) is 0.0680. The highest BCUT2D eigenvalue weighted by Gasteiger charge is 2.23. The van der Waals surface area contributed by atoms with Crippen molar-refractivity contribution in [3.05, 3.63) is 53.9 Å². The molecule has 0 radical (unpaired) electrons. The number of carbonyl (C=O) groups excluding carboxylic acids is 1. The number of pyridine rings is 1. The van der Waals surface area contributed by atoms with Gasteiger partial charge in [-0.2, -0.15) is 0 Å². The van der Waals surface area contributed by atoms with E-state index in [1.807, 2.05) is 35.2 Å². The van der Waals surface area contributed by atoms with Crippen LogP contribution in [0.5, 0.6) is 0 Å². The molecular formula is C21H27N3O2. The number of hydrogen-bond donors (Lipinski definition) is 2. The molecule has 1 amide bonds. The Hall–Kier alpha value is -2.24. The van der Waals surface area contributed by atoms with Crippen LogP contribution >= 0.6 is 0 Å². The molecule has 1 fully saturated rings. The Morgan fingerprint density at radius 2 is 2.12 bits per heavy atom. The number of nitrogens with one attached hydrogen (secondary N) is 1. The SMILES string of the molecule is CC[C@@H]1CN(C(=O)c2cccc(-c3cncc(C(C)(C)O)c3)c2)CCN1. The third kappa shape index (κ3) is 4.11. The van der Waals surface area contributed by atoms with Gasteiger partial charge in [0.1, 0.15) is 0 Å². The number of aliphatic hydroxyl groups is 1. The average Bonchev–Trinajstić information content (AvgIpc) is 2.67. The smallest absolute Gasteiger partial charge is 0.253 e. The summed E-state index contributed by atoms with van der Waals surface area (Å²) in [6.07, 6.45) is 4.44. The van der Waals surface area contributed by atoms with E-state index in [1.54, 1.807) is 26.2 Å². The number of piperazine rings is 1. The molecule has 1 aliphatic heterocycles. The molecule has 1 aromatic heterocycles. The molecule has 0 aliphatic carbocycles. The van der Waals surface area contributed by atoms with Crippen LogP contribution in [0.1, 0.15) is 43.1 Å². The van der Waals surface area contributed by atoms with Gasteiger partial charge in [-0.3, -0.25) is 9.78 Å². The Balaban J connectivity index is 1.86. The minimum atomic E-state index is -0.952. The maximum atomic E-state index is 12.9. The molecule has 3 rings (SSSR count). The van der Waals surface area contributed by atoms with Crippen molar-refractivity contribution in [2.75, 3.05) is 19.6 Å². The summed E-state index contributed by atoms with van der Waals surface area (Å²) in [6.45, 7) is 7.92. The molecule has 1 saturated heterocycles. The van der Waals surface area contributed by atoms with Gasteiger partial charge in [0.2, 0.25) is 0 Å². The molecule has 5 heteroatoms. The number of hydrogen-bond acceptors (Lipinski definition) is 4. The van der Waals surface area contributed by atoms with Crippen LogP contribution in [0, 0.1) is 0 Å². The van der Waals surface area contributed by atoms with Crippen molar-refractivity contribution in [1.29, 1.82) is 0 Å². The van der Waals surface area contributed by atoms with Crippen LogP contribution in [0.2, 0.25) is 0 Å². The monoisotopic (exact) mass is 353 g/mol. The fraction of sp³-hybridized carbons (Fsp3) is 0.429. The Morgan fingerprint density at radius 1 is 1.31 bits per heavy atom. The van der Waals surface area contributed by atoms with E-state index in [0.29, 0.717) is 11.6 Å². The van der Waals surface area contributed by atoms with Gasteiger partial charge >= 0.3 is 0 Å².